The molecule has 7 nitrogen and oxygen atoms in total. The van der Waals surface area contributed by atoms with E-state index in [1.807, 2.05) is 0 Å². The highest BCUT2D eigenvalue weighted by molar-refractivity contribution is 6.15. The number of non-ortho nitro benzene ring substituents is 1. The molecule has 0 bridgehead atoms. The second-order valence-corrected chi connectivity index (χ2v) is 6.55. The monoisotopic (exact) mass is 365 g/mol. The molecule has 7 heteroatoms. The third-order valence-electron chi connectivity index (χ3n) is 4.54. The van der Waals surface area contributed by atoms with Crippen LogP contribution in [0.2, 0.25) is 0 Å². The predicted molar refractivity (Wildman–Crippen MR) is 95.6 cm³/mol. The van der Waals surface area contributed by atoms with Crippen molar-refractivity contribution in [2.24, 2.45) is 5.92 Å². The lowest BCUT2D eigenvalue weighted by atomic mass is 10.1. The smallest absolute Gasteiger partial charge is 0.314 e. The van der Waals surface area contributed by atoms with E-state index in [0.717, 1.165) is 12.8 Å². The predicted octanol–water partition coefficient (Wildman–Crippen LogP) is 3.83. The zero-order chi connectivity index (χ0) is 19.1. The van der Waals surface area contributed by atoms with Gasteiger partial charge in [-0.05, 0) is 43.5 Å². The van der Waals surface area contributed by atoms with Crippen LogP contribution < -0.4 is 9.47 Å². The number of hydrogen-bond acceptors (Lipinski definition) is 6. The summed E-state index contributed by atoms with van der Waals surface area (Å²) < 4.78 is 11.1. The number of esters is 1. The largest absolute Gasteiger partial charge is 0.452 e. The molecule has 0 amide bonds. The number of carbonyl (C=O) groups is 2. The zero-order valence-corrected chi connectivity index (χ0v) is 14.4. The standard InChI is InChI=1S/C20H15NO6/c1-11-16(27-20(23)13-5-6-13)8-7-15-18(22)17(26-19(11)15)10-12-3-2-4-14(9-12)21(24)25/h2-4,7-10,13H,5-6H2,1H3/b17-10-. The fraction of sp³-hybridized carbons (Fsp3) is 0.200. The second kappa shape index (κ2) is 6.35. The van der Waals surface area contributed by atoms with Gasteiger partial charge in [0, 0.05) is 17.7 Å². The molecule has 2 aromatic carbocycles. The van der Waals surface area contributed by atoms with Crippen LogP contribution in [0.1, 0.15) is 34.3 Å². The molecular weight excluding hydrogens is 350 g/mol. The normalized spacial score (nSPS) is 16.8. The van der Waals surface area contributed by atoms with Crippen LogP contribution in [0.3, 0.4) is 0 Å². The van der Waals surface area contributed by atoms with E-state index in [9.17, 15) is 19.7 Å². The summed E-state index contributed by atoms with van der Waals surface area (Å²) in [5.74, 6) is 0.158. The number of rotatable bonds is 4. The molecule has 0 unspecified atom stereocenters. The Morgan fingerprint density at radius 1 is 1.30 bits per heavy atom. The molecule has 1 aliphatic heterocycles. The number of fused-ring (bicyclic) bond motifs is 1. The van der Waals surface area contributed by atoms with E-state index in [0.29, 0.717) is 28.2 Å². The van der Waals surface area contributed by atoms with Crippen molar-refractivity contribution < 1.29 is 24.0 Å². The fourth-order valence-corrected chi connectivity index (χ4v) is 2.87. The summed E-state index contributed by atoms with van der Waals surface area (Å²) in [6.07, 6.45) is 3.15. The van der Waals surface area contributed by atoms with Crippen LogP contribution in [0.5, 0.6) is 11.5 Å². The molecular formula is C20H15NO6. The molecule has 1 saturated carbocycles. The molecule has 0 N–H and O–H groups in total. The Morgan fingerprint density at radius 2 is 2.07 bits per heavy atom. The van der Waals surface area contributed by atoms with Crippen LogP contribution in [0.4, 0.5) is 5.69 Å². The van der Waals surface area contributed by atoms with E-state index in [2.05, 4.69) is 0 Å². The third kappa shape index (κ3) is 3.19. The van der Waals surface area contributed by atoms with Crippen molar-refractivity contribution in [3.8, 4) is 11.5 Å². The van der Waals surface area contributed by atoms with Gasteiger partial charge in [-0.25, -0.2) is 0 Å². The number of nitrogens with zero attached hydrogens (tertiary/aromatic N) is 1. The van der Waals surface area contributed by atoms with E-state index in [1.165, 1.54) is 24.3 Å². The van der Waals surface area contributed by atoms with Crippen molar-refractivity contribution >= 4 is 23.5 Å². The maximum Gasteiger partial charge on any atom is 0.314 e. The highest BCUT2D eigenvalue weighted by Gasteiger charge is 2.34. The lowest BCUT2D eigenvalue weighted by Crippen LogP contribution is -2.10. The summed E-state index contributed by atoms with van der Waals surface area (Å²) in [7, 11) is 0. The summed E-state index contributed by atoms with van der Waals surface area (Å²) in [5, 5.41) is 10.9. The summed E-state index contributed by atoms with van der Waals surface area (Å²) in [5.41, 5.74) is 1.35. The SMILES string of the molecule is Cc1c(OC(=O)C2CC2)ccc2c1O/C(=C\c1cccc([N+](=O)[O-])c1)C2=O. The van der Waals surface area contributed by atoms with E-state index in [-0.39, 0.29) is 29.1 Å². The van der Waals surface area contributed by atoms with Gasteiger partial charge in [-0.1, -0.05) is 12.1 Å². The average molecular weight is 365 g/mol. The van der Waals surface area contributed by atoms with Gasteiger partial charge in [-0.3, -0.25) is 19.7 Å². The van der Waals surface area contributed by atoms with Gasteiger partial charge < -0.3 is 9.47 Å². The van der Waals surface area contributed by atoms with Gasteiger partial charge in [0.25, 0.3) is 5.69 Å². The summed E-state index contributed by atoms with van der Waals surface area (Å²) in [6.45, 7) is 1.72. The summed E-state index contributed by atoms with van der Waals surface area (Å²) in [4.78, 5) is 34.9. The van der Waals surface area contributed by atoms with E-state index in [1.54, 1.807) is 25.1 Å². The number of nitro groups is 1. The maximum absolute atomic E-state index is 12.6. The van der Waals surface area contributed by atoms with E-state index >= 15 is 0 Å². The van der Waals surface area contributed by atoms with Crippen molar-refractivity contribution in [2.45, 2.75) is 19.8 Å². The van der Waals surface area contributed by atoms with Gasteiger partial charge in [0.05, 0.1) is 16.4 Å². The van der Waals surface area contributed by atoms with Gasteiger partial charge in [-0.15, -0.1) is 0 Å². The Bertz CT molecular complexity index is 1020. The van der Waals surface area contributed by atoms with Gasteiger partial charge in [-0.2, -0.15) is 0 Å². The number of allylic oxidation sites excluding steroid dienone is 1. The van der Waals surface area contributed by atoms with Crippen LogP contribution in [0.15, 0.2) is 42.2 Å². The summed E-state index contributed by atoms with van der Waals surface area (Å²) in [6, 6.07) is 9.08. The number of carbonyl (C=O) groups excluding carboxylic acids is 2. The second-order valence-electron chi connectivity index (χ2n) is 6.55. The molecule has 0 saturated heterocycles. The first-order valence-corrected chi connectivity index (χ1v) is 8.48. The Kier molecular flexibility index (Phi) is 3.99. The number of Topliss-reactive ketones (excluding diaryl/α,β-unsaturated/α-hetero) is 1. The maximum atomic E-state index is 12.6. The summed E-state index contributed by atoms with van der Waals surface area (Å²) >= 11 is 0. The molecule has 1 fully saturated rings. The molecule has 4 rings (SSSR count). The Hall–Kier alpha value is -3.48. The quantitative estimate of drug-likeness (QED) is 0.269. The zero-order valence-electron chi connectivity index (χ0n) is 14.4. The number of benzene rings is 2. The minimum atomic E-state index is -0.501. The topological polar surface area (TPSA) is 95.7 Å². The van der Waals surface area contributed by atoms with Gasteiger partial charge in [0.1, 0.15) is 11.5 Å². The van der Waals surface area contributed by atoms with Crippen molar-refractivity contribution in [1.82, 2.24) is 0 Å². The highest BCUT2D eigenvalue weighted by Crippen LogP contribution is 2.40. The number of ether oxygens (including phenoxy) is 2. The minimum absolute atomic E-state index is 0.0375. The molecule has 0 spiro atoms. The first-order chi connectivity index (χ1) is 12.9. The van der Waals surface area contributed by atoms with Crippen LogP contribution in [-0.4, -0.2) is 16.7 Å². The van der Waals surface area contributed by atoms with E-state index < -0.39 is 4.92 Å². The first kappa shape index (κ1) is 17.0. The van der Waals surface area contributed by atoms with Crippen LogP contribution in [0, 0.1) is 23.0 Å². The van der Waals surface area contributed by atoms with Crippen molar-refractivity contribution in [2.75, 3.05) is 0 Å². The lowest BCUT2D eigenvalue weighted by Gasteiger charge is -2.09. The fourth-order valence-electron chi connectivity index (χ4n) is 2.87. The molecule has 27 heavy (non-hydrogen) atoms. The molecule has 0 aromatic heterocycles. The molecule has 1 heterocycles. The Labute approximate surface area is 154 Å². The van der Waals surface area contributed by atoms with Crippen molar-refractivity contribution in [3.63, 3.8) is 0 Å². The lowest BCUT2D eigenvalue weighted by molar-refractivity contribution is -0.384. The van der Waals surface area contributed by atoms with Crippen LogP contribution in [-0.2, 0) is 4.79 Å². The van der Waals surface area contributed by atoms with Crippen molar-refractivity contribution in [3.05, 3.63) is 69.0 Å². The van der Waals surface area contributed by atoms with Crippen molar-refractivity contribution in [1.29, 1.82) is 0 Å². The number of ketones is 1. The van der Waals surface area contributed by atoms with Crippen LogP contribution in [0.25, 0.3) is 6.08 Å². The molecule has 0 radical (unpaired) electrons. The molecule has 0 atom stereocenters. The minimum Gasteiger partial charge on any atom is -0.452 e. The average Bonchev–Trinajstić information content (AvgIpc) is 3.45. The Balaban J connectivity index is 1.63. The number of nitro benzene ring substituents is 1. The third-order valence-corrected chi connectivity index (χ3v) is 4.54. The van der Waals surface area contributed by atoms with Gasteiger partial charge in [0.2, 0.25) is 5.78 Å². The molecule has 2 aromatic rings. The molecule has 2 aliphatic rings. The molecule has 1 aliphatic carbocycles. The Morgan fingerprint density at radius 3 is 2.78 bits per heavy atom. The van der Waals surface area contributed by atoms with Gasteiger partial charge in [0.15, 0.2) is 5.76 Å². The van der Waals surface area contributed by atoms with Crippen LogP contribution >= 0.6 is 0 Å². The number of hydrogen-bond donors (Lipinski definition) is 0. The van der Waals surface area contributed by atoms with E-state index in [4.69, 9.17) is 9.47 Å². The van der Waals surface area contributed by atoms with Gasteiger partial charge >= 0.3 is 5.97 Å². The highest BCUT2D eigenvalue weighted by atomic mass is 16.6. The first-order valence-electron chi connectivity index (χ1n) is 8.48. The molecule has 136 valence electrons.